The fraction of sp³-hybridized carbons (Fsp3) is 0.455. The zero-order valence-electron chi connectivity index (χ0n) is 16.1. The summed E-state index contributed by atoms with van der Waals surface area (Å²) >= 11 is 1.75. The highest BCUT2D eigenvalue weighted by molar-refractivity contribution is 7.98. The van der Waals surface area contributed by atoms with Gasteiger partial charge in [0.05, 0.1) is 0 Å². The maximum Gasteiger partial charge on any atom is 0.272 e. The molecule has 0 aliphatic carbocycles. The molecule has 27 heavy (non-hydrogen) atoms. The van der Waals surface area contributed by atoms with Crippen LogP contribution in [0.1, 0.15) is 48.7 Å². The molecule has 1 fully saturated rings. The van der Waals surface area contributed by atoms with Gasteiger partial charge in [0.1, 0.15) is 5.69 Å². The summed E-state index contributed by atoms with van der Waals surface area (Å²) in [5.41, 5.74) is 1.85. The molecule has 1 N–H and O–H groups in total. The summed E-state index contributed by atoms with van der Waals surface area (Å²) in [7, 11) is 0. The van der Waals surface area contributed by atoms with Gasteiger partial charge in [0.15, 0.2) is 0 Å². The lowest BCUT2D eigenvalue weighted by Gasteiger charge is -2.24. The molecule has 1 atom stereocenters. The fourth-order valence-electron chi connectivity index (χ4n) is 3.37. The lowest BCUT2D eigenvalue weighted by Crippen LogP contribution is -2.42. The molecule has 0 saturated carbocycles. The average molecular weight is 384 g/mol. The molecule has 0 bridgehead atoms. The van der Waals surface area contributed by atoms with Crippen LogP contribution >= 0.6 is 11.8 Å². The average Bonchev–Trinajstić information content (AvgIpc) is 3.19. The van der Waals surface area contributed by atoms with Crippen molar-refractivity contribution in [1.82, 2.24) is 15.2 Å². The van der Waals surface area contributed by atoms with E-state index in [1.54, 1.807) is 11.8 Å². The Morgan fingerprint density at radius 3 is 2.85 bits per heavy atom. The predicted molar refractivity (Wildman–Crippen MR) is 112 cm³/mol. The van der Waals surface area contributed by atoms with Crippen LogP contribution in [0.15, 0.2) is 53.6 Å². The summed E-state index contributed by atoms with van der Waals surface area (Å²) in [4.78, 5) is 20.4. The number of nitrogens with zero attached hydrogens (tertiary/aromatic N) is 2. The Balaban J connectivity index is 1.53. The Hall–Kier alpha value is -1.85. The second-order valence-electron chi connectivity index (χ2n) is 7.01. The largest absolute Gasteiger partial charge is 0.333 e. The van der Waals surface area contributed by atoms with Crippen LogP contribution in [-0.2, 0) is 5.75 Å². The van der Waals surface area contributed by atoms with E-state index in [2.05, 4.69) is 41.5 Å². The van der Waals surface area contributed by atoms with E-state index in [1.165, 1.54) is 18.4 Å². The standard InChI is InChI=1S/C22H29N3OS/c1-2-3-13-23-15-19-10-7-14-25(19)22(26)21-12-11-20(16-24-21)27-17-18-8-5-4-6-9-18/h4-6,8-9,11-12,16,19,23H,2-3,7,10,13-15,17H2,1H3/t19-/m0/s1. The Morgan fingerprint density at radius 1 is 1.26 bits per heavy atom. The number of carbonyl (C=O) groups is 1. The third kappa shape index (κ3) is 5.81. The molecule has 5 heteroatoms. The van der Waals surface area contributed by atoms with Crippen LogP contribution in [-0.4, -0.2) is 41.5 Å². The maximum atomic E-state index is 12.9. The molecule has 2 aromatic rings. The zero-order chi connectivity index (χ0) is 18.9. The van der Waals surface area contributed by atoms with Gasteiger partial charge in [-0.15, -0.1) is 11.8 Å². The van der Waals surface area contributed by atoms with Gasteiger partial charge in [-0.1, -0.05) is 43.7 Å². The molecule has 0 unspecified atom stereocenters. The quantitative estimate of drug-likeness (QED) is 0.516. The van der Waals surface area contributed by atoms with E-state index >= 15 is 0 Å². The third-order valence-corrected chi connectivity index (χ3v) is 5.98. The smallest absolute Gasteiger partial charge is 0.272 e. The van der Waals surface area contributed by atoms with Crippen LogP contribution < -0.4 is 5.32 Å². The Morgan fingerprint density at radius 2 is 2.11 bits per heavy atom. The van der Waals surface area contributed by atoms with Gasteiger partial charge in [0.25, 0.3) is 5.91 Å². The van der Waals surface area contributed by atoms with E-state index in [9.17, 15) is 4.79 Å². The number of rotatable bonds is 9. The van der Waals surface area contributed by atoms with Crippen LogP contribution in [0.3, 0.4) is 0 Å². The van der Waals surface area contributed by atoms with Gasteiger partial charge in [-0.25, -0.2) is 4.98 Å². The molecular formula is C22H29N3OS. The van der Waals surface area contributed by atoms with E-state index in [4.69, 9.17) is 0 Å². The van der Waals surface area contributed by atoms with E-state index in [0.29, 0.717) is 11.7 Å². The minimum atomic E-state index is 0.0643. The Kier molecular flexibility index (Phi) is 7.72. The lowest BCUT2D eigenvalue weighted by molar-refractivity contribution is 0.0729. The summed E-state index contributed by atoms with van der Waals surface area (Å²) in [6.07, 6.45) is 6.36. The van der Waals surface area contributed by atoms with E-state index in [0.717, 1.165) is 43.1 Å². The Labute approximate surface area is 166 Å². The van der Waals surface area contributed by atoms with Crippen molar-refractivity contribution in [2.75, 3.05) is 19.6 Å². The van der Waals surface area contributed by atoms with Crippen LogP contribution in [0.2, 0.25) is 0 Å². The highest BCUT2D eigenvalue weighted by atomic mass is 32.2. The maximum absolute atomic E-state index is 12.9. The molecule has 1 aliphatic heterocycles. The minimum absolute atomic E-state index is 0.0643. The first-order valence-corrected chi connectivity index (χ1v) is 10.9. The van der Waals surface area contributed by atoms with Crippen molar-refractivity contribution in [3.63, 3.8) is 0 Å². The number of unbranched alkanes of at least 4 members (excludes halogenated alkanes) is 1. The monoisotopic (exact) mass is 383 g/mol. The summed E-state index contributed by atoms with van der Waals surface area (Å²) in [6.45, 7) is 4.95. The third-order valence-electron chi connectivity index (χ3n) is 4.93. The SMILES string of the molecule is CCCCNC[C@@H]1CCCN1C(=O)c1ccc(SCc2ccccc2)cn1. The van der Waals surface area contributed by atoms with E-state index in [-0.39, 0.29) is 5.91 Å². The highest BCUT2D eigenvalue weighted by Crippen LogP contribution is 2.23. The summed E-state index contributed by atoms with van der Waals surface area (Å²) in [6, 6.07) is 14.6. The van der Waals surface area contributed by atoms with Crippen molar-refractivity contribution in [3.05, 3.63) is 59.9 Å². The molecule has 4 nitrogen and oxygen atoms in total. The number of benzene rings is 1. The van der Waals surface area contributed by atoms with Gasteiger partial charge in [-0.2, -0.15) is 0 Å². The predicted octanol–water partition coefficient (Wildman–Crippen LogP) is 4.37. The number of pyridine rings is 1. The molecule has 1 aliphatic rings. The summed E-state index contributed by atoms with van der Waals surface area (Å²) in [5.74, 6) is 0.974. The molecule has 1 saturated heterocycles. The van der Waals surface area contributed by atoms with Crippen LogP contribution in [0.25, 0.3) is 0 Å². The number of likely N-dealkylation sites (tertiary alicyclic amines) is 1. The first-order valence-electron chi connectivity index (χ1n) is 9.92. The van der Waals surface area contributed by atoms with Crippen LogP contribution in [0.5, 0.6) is 0 Å². The van der Waals surface area contributed by atoms with Crippen molar-refractivity contribution in [3.8, 4) is 0 Å². The lowest BCUT2D eigenvalue weighted by atomic mass is 10.2. The highest BCUT2D eigenvalue weighted by Gasteiger charge is 2.29. The van der Waals surface area contributed by atoms with Crippen molar-refractivity contribution >= 4 is 17.7 Å². The Bertz CT molecular complexity index is 705. The van der Waals surface area contributed by atoms with Crippen molar-refractivity contribution < 1.29 is 4.79 Å². The van der Waals surface area contributed by atoms with Crippen LogP contribution in [0.4, 0.5) is 0 Å². The zero-order valence-corrected chi connectivity index (χ0v) is 16.9. The minimum Gasteiger partial charge on any atom is -0.333 e. The van der Waals surface area contributed by atoms with E-state index < -0.39 is 0 Å². The van der Waals surface area contributed by atoms with Crippen molar-refractivity contribution in [1.29, 1.82) is 0 Å². The van der Waals surface area contributed by atoms with Gasteiger partial charge in [0.2, 0.25) is 0 Å². The first-order chi connectivity index (χ1) is 13.3. The summed E-state index contributed by atoms with van der Waals surface area (Å²) < 4.78 is 0. The van der Waals surface area contributed by atoms with Gasteiger partial charge < -0.3 is 10.2 Å². The number of aromatic nitrogens is 1. The molecule has 2 heterocycles. The number of thioether (sulfide) groups is 1. The topological polar surface area (TPSA) is 45.2 Å². The summed E-state index contributed by atoms with van der Waals surface area (Å²) in [5, 5.41) is 3.49. The van der Waals surface area contributed by atoms with Crippen LogP contribution in [0, 0.1) is 0 Å². The normalized spacial score (nSPS) is 16.6. The van der Waals surface area contributed by atoms with Gasteiger partial charge >= 0.3 is 0 Å². The number of hydrogen-bond acceptors (Lipinski definition) is 4. The molecule has 1 amide bonds. The molecule has 1 aromatic carbocycles. The second-order valence-corrected chi connectivity index (χ2v) is 8.05. The molecular weight excluding hydrogens is 354 g/mol. The number of hydrogen-bond donors (Lipinski definition) is 1. The molecule has 1 aromatic heterocycles. The van der Waals surface area contributed by atoms with E-state index in [1.807, 2.05) is 29.3 Å². The van der Waals surface area contributed by atoms with Crippen molar-refractivity contribution in [2.24, 2.45) is 0 Å². The second kappa shape index (κ2) is 10.5. The molecule has 0 radical (unpaired) electrons. The molecule has 3 rings (SSSR count). The number of amides is 1. The van der Waals surface area contributed by atoms with Gasteiger partial charge in [-0.05, 0) is 43.5 Å². The van der Waals surface area contributed by atoms with Gasteiger partial charge in [0, 0.05) is 36.0 Å². The molecule has 0 spiro atoms. The first kappa shape index (κ1) is 19.9. The number of nitrogens with one attached hydrogen (secondary N) is 1. The number of carbonyl (C=O) groups excluding carboxylic acids is 1. The van der Waals surface area contributed by atoms with Crippen molar-refractivity contribution in [2.45, 2.75) is 49.3 Å². The van der Waals surface area contributed by atoms with Gasteiger partial charge in [-0.3, -0.25) is 4.79 Å². The molecule has 144 valence electrons. The fourth-order valence-corrected chi connectivity index (χ4v) is 4.18.